The van der Waals surface area contributed by atoms with Gasteiger partial charge in [-0.05, 0) is 47.3 Å². The average Bonchev–Trinajstić information content (AvgIpc) is 2.65. The van der Waals surface area contributed by atoms with Gasteiger partial charge in [-0.25, -0.2) is 13.1 Å². The van der Waals surface area contributed by atoms with Gasteiger partial charge in [0.1, 0.15) is 4.21 Å². The molecule has 0 unspecified atom stereocenters. The Bertz CT molecular complexity index is 451. The molecule has 1 rings (SSSR count). The molecule has 0 spiro atoms. The van der Waals surface area contributed by atoms with E-state index in [-0.39, 0.29) is 0 Å². The Morgan fingerprint density at radius 2 is 2.17 bits per heavy atom. The lowest BCUT2D eigenvalue weighted by atomic mass is 10.4. The maximum absolute atomic E-state index is 11.9. The van der Waals surface area contributed by atoms with Crippen molar-refractivity contribution in [1.29, 1.82) is 0 Å². The summed E-state index contributed by atoms with van der Waals surface area (Å²) < 4.78 is 32.9. The van der Waals surface area contributed by atoms with Crippen LogP contribution in [0.25, 0.3) is 0 Å². The van der Waals surface area contributed by atoms with Gasteiger partial charge in [-0.3, -0.25) is 0 Å². The fourth-order valence-corrected chi connectivity index (χ4v) is 4.61. The predicted molar refractivity (Wildman–Crippen MR) is 77.7 cm³/mol. The van der Waals surface area contributed by atoms with Crippen LogP contribution in [0.15, 0.2) is 14.1 Å². The zero-order chi connectivity index (χ0) is 13.6. The molecule has 4 nitrogen and oxygen atoms in total. The number of aryl methyl sites for hydroxylation is 1. The molecule has 1 aromatic heterocycles. The molecule has 0 aliphatic carbocycles. The minimum atomic E-state index is -3.37. The Hall–Kier alpha value is 0.0500. The van der Waals surface area contributed by atoms with Crippen molar-refractivity contribution in [1.82, 2.24) is 4.72 Å². The van der Waals surface area contributed by atoms with Crippen LogP contribution >= 0.6 is 27.3 Å². The second-order valence-corrected chi connectivity index (χ2v) is 8.25. The van der Waals surface area contributed by atoms with Crippen LogP contribution in [0, 0.1) is 6.92 Å². The number of halogens is 1. The van der Waals surface area contributed by atoms with E-state index >= 15 is 0 Å². The summed E-state index contributed by atoms with van der Waals surface area (Å²) in [6.07, 6.45) is 1.67. The van der Waals surface area contributed by atoms with E-state index in [0.717, 1.165) is 22.4 Å². The highest BCUT2D eigenvalue weighted by molar-refractivity contribution is 9.11. The van der Waals surface area contributed by atoms with Crippen molar-refractivity contribution in [2.75, 3.05) is 19.8 Å². The third kappa shape index (κ3) is 4.97. The molecule has 0 radical (unpaired) electrons. The van der Waals surface area contributed by atoms with Gasteiger partial charge in [0.05, 0.1) is 3.79 Å². The molecule has 0 atom stereocenters. The molecule has 1 heterocycles. The van der Waals surface area contributed by atoms with E-state index in [0.29, 0.717) is 23.8 Å². The summed E-state index contributed by atoms with van der Waals surface area (Å²) in [6, 6.07) is 1.67. The van der Waals surface area contributed by atoms with E-state index in [2.05, 4.69) is 20.7 Å². The molecule has 1 aromatic rings. The first-order chi connectivity index (χ1) is 8.47. The Morgan fingerprint density at radius 1 is 1.44 bits per heavy atom. The fraction of sp³-hybridized carbons (Fsp3) is 0.636. The minimum Gasteiger partial charge on any atom is -0.381 e. The zero-order valence-corrected chi connectivity index (χ0v) is 13.8. The van der Waals surface area contributed by atoms with E-state index in [9.17, 15) is 8.42 Å². The number of nitrogens with one attached hydrogen (secondary N) is 1. The SMILES string of the molecule is CCCOCCCNS(=O)(=O)c1cc(C)c(Br)s1. The van der Waals surface area contributed by atoms with Gasteiger partial charge in [-0.15, -0.1) is 11.3 Å². The molecule has 0 amide bonds. The predicted octanol–water partition coefficient (Wildman–Crippen LogP) is 2.91. The summed E-state index contributed by atoms with van der Waals surface area (Å²) in [4.78, 5) is 0. The lowest BCUT2D eigenvalue weighted by molar-refractivity contribution is 0.133. The molecular weight excluding hydrogens is 338 g/mol. The van der Waals surface area contributed by atoms with Gasteiger partial charge in [-0.2, -0.15) is 0 Å². The molecule has 0 fully saturated rings. The van der Waals surface area contributed by atoms with Crippen molar-refractivity contribution in [2.45, 2.75) is 30.9 Å². The molecule has 0 saturated carbocycles. The second kappa shape index (κ2) is 7.59. The summed E-state index contributed by atoms with van der Waals surface area (Å²) in [7, 11) is -3.37. The van der Waals surface area contributed by atoms with E-state index < -0.39 is 10.0 Å². The van der Waals surface area contributed by atoms with Crippen molar-refractivity contribution in [3.8, 4) is 0 Å². The molecule has 0 aromatic carbocycles. The Morgan fingerprint density at radius 3 is 2.72 bits per heavy atom. The zero-order valence-electron chi connectivity index (χ0n) is 10.5. The van der Waals surface area contributed by atoms with Gasteiger partial charge >= 0.3 is 0 Å². The van der Waals surface area contributed by atoms with Crippen molar-refractivity contribution < 1.29 is 13.2 Å². The largest absolute Gasteiger partial charge is 0.381 e. The molecule has 18 heavy (non-hydrogen) atoms. The average molecular weight is 356 g/mol. The first-order valence-corrected chi connectivity index (χ1v) is 8.90. The number of hydrogen-bond acceptors (Lipinski definition) is 4. The highest BCUT2D eigenvalue weighted by Gasteiger charge is 2.17. The Labute approximate surface area is 121 Å². The number of thiophene rings is 1. The van der Waals surface area contributed by atoms with Gasteiger partial charge in [0, 0.05) is 19.8 Å². The molecule has 0 bridgehead atoms. The van der Waals surface area contributed by atoms with Crippen molar-refractivity contribution in [2.24, 2.45) is 0 Å². The highest BCUT2D eigenvalue weighted by Crippen LogP contribution is 2.30. The van der Waals surface area contributed by atoms with E-state index in [1.807, 2.05) is 13.8 Å². The number of sulfonamides is 1. The topological polar surface area (TPSA) is 55.4 Å². The van der Waals surface area contributed by atoms with Crippen molar-refractivity contribution in [3.63, 3.8) is 0 Å². The molecular formula is C11H18BrNO3S2. The van der Waals surface area contributed by atoms with Gasteiger partial charge in [-0.1, -0.05) is 6.92 Å². The van der Waals surface area contributed by atoms with Gasteiger partial charge in [0.2, 0.25) is 10.0 Å². The van der Waals surface area contributed by atoms with Crippen LogP contribution in [0.3, 0.4) is 0 Å². The van der Waals surface area contributed by atoms with E-state index in [4.69, 9.17) is 4.74 Å². The van der Waals surface area contributed by atoms with Crippen LogP contribution in [-0.4, -0.2) is 28.2 Å². The number of ether oxygens (including phenoxy) is 1. The lowest BCUT2D eigenvalue weighted by Gasteiger charge is -2.05. The van der Waals surface area contributed by atoms with Gasteiger partial charge in [0.25, 0.3) is 0 Å². The van der Waals surface area contributed by atoms with Crippen LogP contribution < -0.4 is 4.72 Å². The molecule has 1 N–H and O–H groups in total. The standard InChI is InChI=1S/C11H18BrNO3S2/c1-3-6-16-7-4-5-13-18(14,15)10-8-9(2)11(12)17-10/h8,13H,3-7H2,1-2H3. The molecule has 0 aliphatic heterocycles. The Kier molecular flexibility index (Phi) is 6.79. The quantitative estimate of drug-likeness (QED) is 0.729. The first kappa shape index (κ1) is 16.1. The second-order valence-electron chi connectivity index (χ2n) is 3.89. The van der Waals surface area contributed by atoms with Crippen LogP contribution in [0.5, 0.6) is 0 Å². The fourth-order valence-electron chi connectivity index (χ4n) is 1.26. The lowest BCUT2D eigenvalue weighted by Crippen LogP contribution is -2.24. The monoisotopic (exact) mass is 355 g/mol. The van der Waals surface area contributed by atoms with Crippen molar-refractivity contribution >= 4 is 37.3 Å². The Balaban J connectivity index is 2.41. The molecule has 104 valence electrons. The highest BCUT2D eigenvalue weighted by atomic mass is 79.9. The molecule has 7 heteroatoms. The summed E-state index contributed by atoms with van der Waals surface area (Å²) in [5.74, 6) is 0. The summed E-state index contributed by atoms with van der Waals surface area (Å²) in [6.45, 7) is 5.63. The maximum Gasteiger partial charge on any atom is 0.250 e. The van der Waals surface area contributed by atoms with Crippen molar-refractivity contribution in [3.05, 3.63) is 15.4 Å². The summed E-state index contributed by atoms with van der Waals surface area (Å²) in [5, 5.41) is 0. The van der Waals surface area contributed by atoms with E-state index in [1.165, 1.54) is 11.3 Å². The smallest absolute Gasteiger partial charge is 0.250 e. The first-order valence-electron chi connectivity index (χ1n) is 5.80. The summed E-state index contributed by atoms with van der Waals surface area (Å²) in [5.41, 5.74) is 0.937. The maximum atomic E-state index is 11.9. The van der Waals surface area contributed by atoms with Crippen LogP contribution in [0.4, 0.5) is 0 Å². The summed E-state index contributed by atoms with van der Waals surface area (Å²) >= 11 is 4.55. The number of hydrogen-bond donors (Lipinski definition) is 1. The molecule has 0 saturated heterocycles. The molecule has 0 aliphatic rings. The van der Waals surface area contributed by atoms with E-state index in [1.54, 1.807) is 6.07 Å². The van der Waals surface area contributed by atoms with Gasteiger partial charge in [0.15, 0.2) is 0 Å². The number of rotatable bonds is 8. The third-order valence-electron chi connectivity index (χ3n) is 2.21. The van der Waals surface area contributed by atoms with Gasteiger partial charge < -0.3 is 4.74 Å². The normalized spacial score (nSPS) is 11.9. The van der Waals surface area contributed by atoms with Crippen LogP contribution in [0.1, 0.15) is 25.3 Å². The van der Waals surface area contributed by atoms with Crippen LogP contribution in [0.2, 0.25) is 0 Å². The van der Waals surface area contributed by atoms with Crippen LogP contribution in [-0.2, 0) is 14.8 Å². The minimum absolute atomic E-state index is 0.348. The third-order valence-corrected chi connectivity index (χ3v) is 6.28.